The van der Waals surface area contributed by atoms with E-state index in [0.717, 1.165) is 43.2 Å². The first-order valence-electron chi connectivity index (χ1n) is 6.31. The summed E-state index contributed by atoms with van der Waals surface area (Å²) >= 11 is 0. The Morgan fingerprint density at radius 2 is 2.00 bits per heavy atom. The van der Waals surface area contributed by atoms with Gasteiger partial charge in [0.15, 0.2) is 0 Å². The first kappa shape index (κ1) is 13.1. The quantitative estimate of drug-likeness (QED) is 0.761. The van der Waals surface area contributed by atoms with Gasteiger partial charge in [0.2, 0.25) is 0 Å². The molecule has 0 aromatic heterocycles. The van der Waals surface area contributed by atoms with E-state index in [2.05, 4.69) is 28.6 Å². The molecule has 0 bridgehead atoms. The van der Waals surface area contributed by atoms with E-state index in [4.69, 9.17) is 4.74 Å². The molecule has 1 fully saturated rings. The second-order valence-electron chi connectivity index (χ2n) is 4.77. The minimum Gasteiger partial charge on any atom is -0.476 e. The van der Waals surface area contributed by atoms with E-state index in [0.29, 0.717) is 6.73 Å². The van der Waals surface area contributed by atoms with Crippen LogP contribution in [0.4, 0.5) is 5.69 Å². The second-order valence-corrected chi connectivity index (χ2v) is 4.77. The first-order chi connectivity index (χ1) is 8.70. The highest BCUT2D eigenvalue weighted by atomic mass is 16.5. The Hall–Kier alpha value is -1.39. The number of aryl methyl sites for hydroxylation is 1. The van der Waals surface area contributed by atoms with Crippen LogP contribution in [0, 0.1) is 6.92 Å². The van der Waals surface area contributed by atoms with Crippen LogP contribution in [0.2, 0.25) is 0 Å². The van der Waals surface area contributed by atoms with Crippen molar-refractivity contribution in [2.45, 2.75) is 6.92 Å². The molecule has 18 heavy (non-hydrogen) atoms. The fourth-order valence-corrected chi connectivity index (χ4v) is 2.09. The predicted molar refractivity (Wildman–Crippen MR) is 75.0 cm³/mol. The van der Waals surface area contributed by atoms with Crippen molar-refractivity contribution >= 4 is 12.4 Å². The van der Waals surface area contributed by atoms with E-state index in [1.54, 1.807) is 0 Å². The molecule has 1 saturated heterocycles. The molecule has 0 radical (unpaired) electrons. The Labute approximate surface area is 109 Å². The van der Waals surface area contributed by atoms with Crippen molar-refractivity contribution in [3.05, 3.63) is 23.8 Å². The molecule has 4 heteroatoms. The maximum atomic E-state index is 5.86. The van der Waals surface area contributed by atoms with Crippen LogP contribution < -0.4 is 4.74 Å². The van der Waals surface area contributed by atoms with Gasteiger partial charge in [0, 0.05) is 26.2 Å². The minimum absolute atomic E-state index is 0.625. The number of benzene rings is 1. The van der Waals surface area contributed by atoms with E-state index < -0.39 is 0 Å². The van der Waals surface area contributed by atoms with Crippen molar-refractivity contribution in [3.63, 3.8) is 0 Å². The molecular formula is C14H21N3O. The summed E-state index contributed by atoms with van der Waals surface area (Å²) in [6.45, 7) is 10.6. The minimum atomic E-state index is 0.625. The van der Waals surface area contributed by atoms with Crippen LogP contribution in [0.3, 0.4) is 0 Å². The van der Waals surface area contributed by atoms with Crippen LogP contribution in [0.1, 0.15) is 5.56 Å². The number of rotatable bonds is 4. The monoisotopic (exact) mass is 247 g/mol. The van der Waals surface area contributed by atoms with Crippen LogP contribution in [-0.2, 0) is 0 Å². The van der Waals surface area contributed by atoms with Gasteiger partial charge in [0.1, 0.15) is 18.2 Å². The number of ether oxygens (including phenoxy) is 1. The molecule has 0 saturated carbocycles. The van der Waals surface area contributed by atoms with Crippen LogP contribution in [0.25, 0.3) is 0 Å². The van der Waals surface area contributed by atoms with Gasteiger partial charge in [0.25, 0.3) is 0 Å². The summed E-state index contributed by atoms with van der Waals surface area (Å²) in [4.78, 5) is 8.69. The Kier molecular flexibility index (Phi) is 4.33. The van der Waals surface area contributed by atoms with Crippen molar-refractivity contribution in [1.29, 1.82) is 0 Å². The van der Waals surface area contributed by atoms with E-state index in [1.165, 1.54) is 0 Å². The number of likely N-dealkylation sites (N-methyl/N-ethyl adjacent to an activating group) is 1. The van der Waals surface area contributed by atoms with Crippen LogP contribution >= 0.6 is 0 Å². The number of hydrogen-bond acceptors (Lipinski definition) is 4. The third-order valence-corrected chi connectivity index (χ3v) is 3.36. The Morgan fingerprint density at radius 1 is 1.28 bits per heavy atom. The molecule has 1 heterocycles. The number of aliphatic imine (C=N–C) groups is 1. The van der Waals surface area contributed by atoms with Gasteiger partial charge >= 0.3 is 0 Å². The van der Waals surface area contributed by atoms with Gasteiger partial charge in [-0.05, 0) is 32.3 Å². The second kappa shape index (κ2) is 5.98. The van der Waals surface area contributed by atoms with Gasteiger partial charge in [-0.1, -0.05) is 12.1 Å². The van der Waals surface area contributed by atoms with Crippen molar-refractivity contribution in [2.24, 2.45) is 4.99 Å². The molecule has 0 atom stereocenters. The van der Waals surface area contributed by atoms with Gasteiger partial charge in [-0.25, -0.2) is 0 Å². The molecule has 4 nitrogen and oxygen atoms in total. The SMILES string of the molecule is C=Nc1c(C)cccc1OCN1CCN(C)CC1. The lowest BCUT2D eigenvalue weighted by molar-refractivity contribution is 0.0766. The third kappa shape index (κ3) is 3.09. The van der Waals surface area contributed by atoms with Crippen molar-refractivity contribution < 1.29 is 4.74 Å². The Balaban J connectivity index is 1.94. The molecule has 1 aromatic carbocycles. The lowest BCUT2D eigenvalue weighted by Crippen LogP contribution is -2.45. The number of piperazine rings is 1. The average molecular weight is 247 g/mol. The third-order valence-electron chi connectivity index (χ3n) is 3.36. The summed E-state index contributed by atoms with van der Waals surface area (Å²) in [5.74, 6) is 0.823. The van der Waals surface area contributed by atoms with E-state index in [-0.39, 0.29) is 0 Å². The van der Waals surface area contributed by atoms with Gasteiger partial charge in [-0.3, -0.25) is 9.89 Å². The summed E-state index contributed by atoms with van der Waals surface area (Å²) in [5.41, 5.74) is 1.95. The summed E-state index contributed by atoms with van der Waals surface area (Å²) in [6.07, 6.45) is 0. The first-order valence-corrected chi connectivity index (χ1v) is 6.31. The molecule has 1 aromatic rings. The molecule has 1 aliphatic heterocycles. The summed E-state index contributed by atoms with van der Waals surface area (Å²) in [7, 11) is 2.15. The number of nitrogens with zero attached hydrogens (tertiary/aromatic N) is 3. The summed E-state index contributed by atoms with van der Waals surface area (Å²) in [5, 5.41) is 0. The number of hydrogen-bond donors (Lipinski definition) is 0. The van der Waals surface area contributed by atoms with Crippen LogP contribution in [-0.4, -0.2) is 56.5 Å². The van der Waals surface area contributed by atoms with E-state index in [1.807, 2.05) is 25.1 Å². The molecule has 2 rings (SSSR count). The molecule has 0 aliphatic carbocycles. The van der Waals surface area contributed by atoms with Crippen LogP contribution in [0.15, 0.2) is 23.2 Å². The lowest BCUT2D eigenvalue weighted by atomic mass is 10.2. The normalized spacial score (nSPS) is 17.7. The molecule has 0 spiro atoms. The zero-order valence-electron chi connectivity index (χ0n) is 11.2. The highest BCUT2D eigenvalue weighted by Crippen LogP contribution is 2.30. The van der Waals surface area contributed by atoms with E-state index in [9.17, 15) is 0 Å². The van der Waals surface area contributed by atoms with Crippen LogP contribution in [0.5, 0.6) is 5.75 Å². The van der Waals surface area contributed by atoms with Gasteiger partial charge in [0.05, 0.1) is 0 Å². The largest absolute Gasteiger partial charge is 0.476 e. The van der Waals surface area contributed by atoms with E-state index >= 15 is 0 Å². The molecule has 98 valence electrons. The van der Waals surface area contributed by atoms with Gasteiger partial charge < -0.3 is 9.64 Å². The molecule has 0 unspecified atom stereocenters. The highest BCUT2D eigenvalue weighted by Gasteiger charge is 2.14. The summed E-state index contributed by atoms with van der Waals surface area (Å²) in [6, 6.07) is 5.96. The zero-order chi connectivity index (χ0) is 13.0. The maximum absolute atomic E-state index is 5.86. The molecule has 0 N–H and O–H groups in total. The highest BCUT2D eigenvalue weighted by molar-refractivity contribution is 5.60. The maximum Gasteiger partial charge on any atom is 0.147 e. The molecule has 0 amide bonds. The predicted octanol–water partition coefficient (Wildman–Crippen LogP) is 1.91. The smallest absolute Gasteiger partial charge is 0.147 e. The lowest BCUT2D eigenvalue weighted by Gasteiger charge is -2.32. The number of para-hydroxylation sites is 1. The molecule has 1 aliphatic rings. The topological polar surface area (TPSA) is 28.1 Å². The van der Waals surface area contributed by atoms with Crippen molar-refractivity contribution in [2.75, 3.05) is 40.0 Å². The van der Waals surface area contributed by atoms with Crippen molar-refractivity contribution in [1.82, 2.24) is 9.80 Å². The Bertz CT molecular complexity index is 412. The standard InChI is InChI=1S/C14H21N3O/c1-12-5-4-6-13(14(12)15-2)18-11-17-9-7-16(3)8-10-17/h4-6H,2,7-11H2,1,3H3. The zero-order valence-corrected chi connectivity index (χ0v) is 11.2. The fraction of sp³-hybridized carbons (Fsp3) is 0.500. The molecular weight excluding hydrogens is 226 g/mol. The Morgan fingerprint density at radius 3 is 2.67 bits per heavy atom. The fourth-order valence-electron chi connectivity index (χ4n) is 2.09. The average Bonchev–Trinajstić information content (AvgIpc) is 2.38. The van der Waals surface area contributed by atoms with Gasteiger partial charge in [-0.2, -0.15) is 0 Å². The summed E-state index contributed by atoms with van der Waals surface area (Å²) < 4.78 is 5.86. The van der Waals surface area contributed by atoms with Gasteiger partial charge in [-0.15, -0.1) is 0 Å². The van der Waals surface area contributed by atoms with Crippen molar-refractivity contribution in [3.8, 4) is 5.75 Å².